The van der Waals surface area contributed by atoms with Crippen molar-refractivity contribution < 1.29 is 4.74 Å². The molecule has 0 aliphatic heterocycles. The zero-order valence-electron chi connectivity index (χ0n) is 18.7. The third-order valence-electron chi connectivity index (χ3n) is 5.60. The molecule has 3 heterocycles. The lowest BCUT2D eigenvalue weighted by Crippen LogP contribution is -2.38. The smallest absolute Gasteiger partial charge is 0.337 e. The second kappa shape index (κ2) is 8.85. The molecule has 30 heavy (non-hydrogen) atoms. The maximum atomic E-state index is 13.3. The molecule has 0 saturated heterocycles. The summed E-state index contributed by atoms with van der Waals surface area (Å²) in [5.74, 6) is 1.32. The summed E-state index contributed by atoms with van der Waals surface area (Å²) in [5.41, 5.74) is 1.19. The van der Waals surface area contributed by atoms with Crippen LogP contribution in [0.3, 0.4) is 0 Å². The fourth-order valence-electron chi connectivity index (χ4n) is 4.19. The molecule has 0 atom stereocenters. The first-order valence-electron chi connectivity index (χ1n) is 10.6. The van der Waals surface area contributed by atoms with E-state index in [0.717, 1.165) is 36.1 Å². The van der Waals surface area contributed by atoms with Crippen molar-refractivity contribution in [3.8, 4) is 11.4 Å². The first kappa shape index (κ1) is 21.8. The molecule has 0 N–H and O–H groups in total. The lowest BCUT2D eigenvalue weighted by Gasteiger charge is -2.21. The third-order valence-corrected chi connectivity index (χ3v) is 5.60. The number of methoxy groups -OCH3 is 1. The minimum atomic E-state index is -0.461. The van der Waals surface area contributed by atoms with Crippen molar-refractivity contribution in [1.29, 1.82) is 0 Å². The van der Waals surface area contributed by atoms with Gasteiger partial charge in [-0.1, -0.05) is 33.6 Å². The van der Waals surface area contributed by atoms with Gasteiger partial charge in [0.2, 0.25) is 0 Å². The first-order chi connectivity index (χ1) is 14.4. The fraction of sp³-hybridized carbons (Fsp3) is 0.545. The van der Waals surface area contributed by atoms with Crippen LogP contribution in [-0.2, 0) is 13.5 Å². The molecule has 0 amide bonds. The minimum Gasteiger partial charge on any atom is -0.494 e. The molecule has 0 aliphatic rings. The van der Waals surface area contributed by atoms with E-state index in [1.54, 1.807) is 19.4 Å². The van der Waals surface area contributed by atoms with Gasteiger partial charge in [-0.05, 0) is 19.8 Å². The van der Waals surface area contributed by atoms with Crippen LogP contribution < -0.4 is 16.0 Å². The molecule has 8 heteroatoms. The van der Waals surface area contributed by atoms with Crippen LogP contribution in [0.15, 0.2) is 21.9 Å². The molecule has 0 spiro atoms. The highest BCUT2D eigenvalue weighted by Crippen LogP contribution is 2.29. The molecule has 3 rings (SSSR count). The number of fused-ring (bicyclic) bond motifs is 1. The number of aromatic nitrogens is 5. The average molecular weight is 414 g/mol. The summed E-state index contributed by atoms with van der Waals surface area (Å²) in [6, 6.07) is 1.87. The number of hydrogen-bond donors (Lipinski definition) is 0. The van der Waals surface area contributed by atoms with Crippen LogP contribution in [-0.4, -0.2) is 30.8 Å². The van der Waals surface area contributed by atoms with Crippen molar-refractivity contribution in [2.75, 3.05) is 7.11 Å². The highest BCUT2D eigenvalue weighted by Gasteiger charge is 2.26. The van der Waals surface area contributed by atoms with Gasteiger partial charge in [-0.3, -0.25) is 14.3 Å². The molecular weight excluding hydrogens is 382 g/mol. The Morgan fingerprint density at radius 1 is 1.13 bits per heavy atom. The molecular formula is C22H31N5O3. The summed E-state index contributed by atoms with van der Waals surface area (Å²) in [5, 5.41) is 0. The van der Waals surface area contributed by atoms with Crippen molar-refractivity contribution in [2.24, 2.45) is 7.05 Å². The second-order valence-electron chi connectivity index (χ2n) is 7.58. The van der Waals surface area contributed by atoms with Crippen LogP contribution in [0.25, 0.3) is 16.9 Å². The Morgan fingerprint density at radius 3 is 2.37 bits per heavy atom. The number of aryl methyl sites for hydroxylation is 2. The van der Waals surface area contributed by atoms with Crippen molar-refractivity contribution in [3.63, 3.8) is 0 Å². The quantitative estimate of drug-likeness (QED) is 0.566. The van der Waals surface area contributed by atoms with Crippen LogP contribution in [0.4, 0.5) is 0 Å². The number of hydrogen-bond acceptors (Lipinski definition) is 5. The third kappa shape index (κ3) is 3.44. The van der Waals surface area contributed by atoms with E-state index in [0.29, 0.717) is 34.7 Å². The van der Waals surface area contributed by atoms with E-state index >= 15 is 0 Å². The zero-order valence-corrected chi connectivity index (χ0v) is 18.7. The fourth-order valence-corrected chi connectivity index (χ4v) is 4.19. The van der Waals surface area contributed by atoms with E-state index in [2.05, 4.69) is 23.4 Å². The standard InChI is InChI=1S/C22H31N5O3/c1-7-10-15(11-8-2)26-17(9-3)24-20-19(26)21(28)25(5)22(29)27(20)18-14(4)23-13-12-16(18)30-6/h12-13,15H,7-11H2,1-6H3. The molecule has 8 nitrogen and oxygen atoms in total. The Morgan fingerprint density at radius 2 is 1.80 bits per heavy atom. The highest BCUT2D eigenvalue weighted by molar-refractivity contribution is 5.75. The maximum absolute atomic E-state index is 13.3. The SMILES string of the molecule is CCCC(CCC)n1c(CC)nc2c1c(=O)n(C)c(=O)n2-c1c(OC)ccnc1C. The van der Waals surface area contributed by atoms with Crippen LogP contribution in [0.1, 0.15) is 64.0 Å². The normalized spacial score (nSPS) is 11.6. The van der Waals surface area contributed by atoms with Gasteiger partial charge >= 0.3 is 5.69 Å². The first-order valence-corrected chi connectivity index (χ1v) is 10.6. The monoisotopic (exact) mass is 413 g/mol. The Bertz CT molecular complexity index is 1170. The van der Waals surface area contributed by atoms with Gasteiger partial charge in [0.25, 0.3) is 5.56 Å². The number of pyridine rings is 1. The molecule has 0 fully saturated rings. The van der Waals surface area contributed by atoms with E-state index in [1.165, 1.54) is 11.6 Å². The summed E-state index contributed by atoms with van der Waals surface area (Å²) in [4.78, 5) is 35.7. The molecule has 0 aliphatic carbocycles. The van der Waals surface area contributed by atoms with E-state index in [4.69, 9.17) is 9.72 Å². The highest BCUT2D eigenvalue weighted by atomic mass is 16.5. The second-order valence-corrected chi connectivity index (χ2v) is 7.58. The number of rotatable bonds is 8. The van der Waals surface area contributed by atoms with Crippen LogP contribution in [0.5, 0.6) is 5.75 Å². The Kier molecular flexibility index (Phi) is 6.43. The Hall–Kier alpha value is -2.90. The van der Waals surface area contributed by atoms with Gasteiger partial charge in [0.15, 0.2) is 11.2 Å². The largest absolute Gasteiger partial charge is 0.494 e. The summed E-state index contributed by atoms with van der Waals surface area (Å²) >= 11 is 0. The van der Waals surface area contributed by atoms with E-state index in [1.807, 2.05) is 13.8 Å². The van der Waals surface area contributed by atoms with Gasteiger partial charge in [-0.15, -0.1) is 0 Å². The topological polar surface area (TPSA) is 83.9 Å². The van der Waals surface area contributed by atoms with Crippen LogP contribution in [0.2, 0.25) is 0 Å². The van der Waals surface area contributed by atoms with Gasteiger partial charge < -0.3 is 9.30 Å². The summed E-state index contributed by atoms with van der Waals surface area (Å²) < 4.78 is 10.2. The Balaban J connectivity index is 2.52. The molecule has 3 aromatic heterocycles. The molecule has 3 aromatic rings. The maximum Gasteiger partial charge on any atom is 0.337 e. The lowest BCUT2D eigenvalue weighted by molar-refractivity contribution is 0.411. The van der Waals surface area contributed by atoms with Gasteiger partial charge in [0, 0.05) is 31.8 Å². The van der Waals surface area contributed by atoms with E-state index in [9.17, 15) is 9.59 Å². The number of ether oxygens (including phenoxy) is 1. The van der Waals surface area contributed by atoms with E-state index < -0.39 is 5.69 Å². The average Bonchev–Trinajstić information content (AvgIpc) is 3.12. The van der Waals surface area contributed by atoms with Crippen molar-refractivity contribution in [3.05, 3.63) is 44.6 Å². The predicted octanol–water partition coefficient (Wildman–Crippen LogP) is 3.30. The van der Waals surface area contributed by atoms with Crippen LogP contribution in [0, 0.1) is 6.92 Å². The molecule has 162 valence electrons. The van der Waals surface area contributed by atoms with Gasteiger partial charge in [0.05, 0.1) is 12.8 Å². The van der Waals surface area contributed by atoms with Gasteiger partial charge in [0.1, 0.15) is 17.3 Å². The number of imidazole rings is 1. The molecule has 0 radical (unpaired) electrons. The van der Waals surface area contributed by atoms with Crippen molar-refractivity contribution in [2.45, 2.75) is 65.8 Å². The molecule has 0 bridgehead atoms. The Labute approximate surface area is 176 Å². The van der Waals surface area contributed by atoms with Gasteiger partial charge in [-0.2, -0.15) is 0 Å². The lowest BCUT2D eigenvalue weighted by atomic mass is 10.1. The summed E-state index contributed by atoms with van der Waals surface area (Å²) in [6.45, 7) is 8.13. The van der Waals surface area contributed by atoms with Crippen LogP contribution >= 0.6 is 0 Å². The minimum absolute atomic E-state index is 0.162. The zero-order chi connectivity index (χ0) is 22.0. The molecule has 0 saturated carbocycles. The van der Waals surface area contributed by atoms with Crippen molar-refractivity contribution in [1.82, 2.24) is 23.7 Å². The van der Waals surface area contributed by atoms with Crippen molar-refractivity contribution >= 4 is 11.2 Å². The molecule has 0 aromatic carbocycles. The summed E-state index contributed by atoms with van der Waals surface area (Å²) in [6.07, 6.45) is 6.20. The predicted molar refractivity (Wildman–Crippen MR) is 118 cm³/mol. The van der Waals surface area contributed by atoms with E-state index in [-0.39, 0.29) is 11.6 Å². The molecule has 0 unspecified atom stereocenters. The van der Waals surface area contributed by atoms with Gasteiger partial charge in [-0.25, -0.2) is 14.3 Å². The summed E-state index contributed by atoms with van der Waals surface area (Å²) in [7, 11) is 3.06. The number of nitrogens with zero attached hydrogens (tertiary/aromatic N) is 5.